The van der Waals surface area contributed by atoms with Gasteiger partial charge in [0.1, 0.15) is 11.3 Å². The number of amides is 1. The van der Waals surface area contributed by atoms with E-state index < -0.39 is 10.0 Å². The number of sulfonamides is 1. The summed E-state index contributed by atoms with van der Waals surface area (Å²) in [6.07, 6.45) is 1.68. The van der Waals surface area contributed by atoms with E-state index in [1.54, 1.807) is 43.3 Å². The van der Waals surface area contributed by atoms with Gasteiger partial charge in [-0.2, -0.15) is 0 Å². The molecular weight excluding hydrogens is 567 g/mol. The van der Waals surface area contributed by atoms with Gasteiger partial charge in [-0.1, -0.05) is 50.1 Å². The SMILES string of the molecule is CCCCN(C)S(=O)(=O)c1ccc(C(=O)N(CCN(CC)CC)c2nc3c(OC)ccc(Cl)c3s2)cc1.Cl. The van der Waals surface area contributed by atoms with Crippen LogP contribution in [-0.2, 0) is 10.0 Å². The Kier molecular flexibility index (Phi) is 12.3. The number of nitrogens with zero attached hydrogens (tertiary/aromatic N) is 4. The first kappa shape index (κ1) is 32.3. The molecule has 0 radical (unpaired) electrons. The summed E-state index contributed by atoms with van der Waals surface area (Å²) in [5.41, 5.74) is 0.985. The quantitative estimate of drug-likeness (QED) is 0.246. The molecule has 0 saturated heterocycles. The van der Waals surface area contributed by atoms with Gasteiger partial charge in [-0.15, -0.1) is 12.4 Å². The fourth-order valence-corrected chi connectivity index (χ4v) is 6.38. The van der Waals surface area contributed by atoms with Crippen LogP contribution in [0.1, 0.15) is 44.0 Å². The lowest BCUT2D eigenvalue weighted by Crippen LogP contribution is -2.38. The van der Waals surface area contributed by atoms with Gasteiger partial charge >= 0.3 is 0 Å². The number of thiazole rings is 1. The largest absolute Gasteiger partial charge is 0.494 e. The molecule has 1 heterocycles. The van der Waals surface area contributed by atoms with Gasteiger partial charge in [-0.3, -0.25) is 9.69 Å². The molecule has 12 heteroatoms. The summed E-state index contributed by atoms with van der Waals surface area (Å²) < 4.78 is 33.4. The number of unbranched alkanes of at least 4 members (excludes halogenated alkanes) is 1. The monoisotopic (exact) mass is 602 g/mol. The lowest BCUT2D eigenvalue weighted by atomic mass is 10.2. The maximum Gasteiger partial charge on any atom is 0.260 e. The minimum absolute atomic E-state index is 0. The molecule has 0 unspecified atom stereocenters. The molecule has 1 amide bonds. The number of likely N-dealkylation sites (N-methyl/N-ethyl adjacent to an activating group) is 1. The predicted octanol–water partition coefficient (Wildman–Crippen LogP) is 5.79. The molecule has 0 aliphatic rings. The summed E-state index contributed by atoms with van der Waals surface area (Å²) in [5, 5.41) is 1.05. The van der Waals surface area contributed by atoms with Crippen LogP contribution in [0.15, 0.2) is 41.3 Å². The van der Waals surface area contributed by atoms with Crippen molar-refractivity contribution in [1.29, 1.82) is 0 Å². The number of hydrogen-bond acceptors (Lipinski definition) is 7. The van der Waals surface area contributed by atoms with E-state index in [1.165, 1.54) is 27.8 Å². The third kappa shape index (κ3) is 7.16. The van der Waals surface area contributed by atoms with Crippen molar-refractivity contribution in [2.24, 2.45) is 0 Å². The number of methoxy groups -OCH3 is 1. The average Bonchev–Trinajstić information content (AvgIpc) is 3.36. The Hall–Kier alpha value is -1.95. The van der Waals surface area contributed by atoms with Gasteiger partial charge in [0, 0.05) is 32.2 Å². The Morgan fingerprint density at radius 1 is 1.03 bits per heavy atom. The minimum atomic E-state index is -3.62. The van der Waals surface area contributed by atoms with E-state index in [0.29, 0.717) is 46.6 Å². The van der Waals surface area contributed by atoms with E-state index in [9.17, 15) is 13.2 Å². The van der Waals surface area contributed by atoms with Crippen LogP contribution in [0, 0.1) is 0 Å². The lowest BCUT2D eigenvalue weighted by molar-refractivity contribution is 0.0983. The van der Waals surface area contributed by atoms with Crippen LogP contribution in [0.25, 0.3) is 10.2 Å². The molecule has 210 valence electrons. The number of benzene rings is 2. The predicted molar refractivity (Wildman–Crippen MR) is 159 cm³/mol. The molecule has 0 aliphatic heterocycles. The molecular formula is C26H36Cl2N4O4S2. The standard InChI is InChI=1S/C26H35ClN4O4S2.ClH/c1-6-9-16-29(4)37(33,34)20-12-10-19(11-13-20)25(32)31(18-17-30(7-2)8-3)26-28-23-22(35-5)15-14-21(27)24(23)36-26;/h10-15H,6-9,16-18H2,1-5H3;1H. The van der Waals surface area contributed by atoms with Crippen LogP contribution < -0.4 is 9.64 Å². The summed E-state index contributed by atoms with van der Waals surface area (Å²) in [6, 6.07) is 9.62. The number of fused-ring (bicyclic) bond motifs is 1. The molecule has 2 aromatic carbocycles. The molecule has 0 atom stereocenters. The topological polar surface area (TPSA) is 83.1 Å². The van der Waals surface area contributed by atoms with Gasteiger partial charge in [-0.25, -0.2) is 17.7 Å². The Morgan fingerprint density at radius 3 is 2.26 bits per heavy atom. The maximum atomic E-state index is 13.7. The highest BCUT2D eigenvalue weighted by molar-refractivity contribution is 7.89. The second-order valence-electron chi connectivity index (χ2n) is 8.61. The van der Waals surface area contributed by atoms with Crippen LogP contribution in [0.4, 0.5) is 5.13 Å². The van der Waals surface area contributed by atoms with Crippen LogP contribution in [0.5, 0.6) is 5.75 Å². The van der Waals surface area contributed by atoms with Gasteiger partial charge < -0.3 is 9.64 Å². The normalized spacial score (nSPS) is 11.7. The first-order valence-electron chi connectivity index (χ1n) is 12.4. The second-order valence-corrected chi connectivity index (χ2v) is 12.0. The van der Waals surface area contributed by atoms with Gasteiger partial charge in [0.15, 0.2) is 5.13 Å². The highest BCUT2D eigenvalue weighted by atomic mass is 35.5. The zero-order chi connectivity index (χ0) is 27.2. The van der Waals surface area contributed by atoms with Crippen molar-refractivity contribution in [2.45, 2.75) is 38.5 Å². The van der Waals surface area contributed by atoms with Crippen molar-refractivity contribution in [1.82, 2.24) is 14.2 Å². The zero-order valence-electron chi connectivity index (χ0n) is 22.4. The number of halogens is 2. The summed E-state index contributed by atoms with van der Waals surface area (Å²) in [7, 11) is -0.477. The fourth-order valence-electron chi connectivity index (χ4n) is 3.89. The number of aromatic nitrogens is 1. The molecule has 0 saturated carbocycles. The molecule has 0 bridgehead atoms. The number of anilines is 1. The number of hydrogen-bond donors (Lipinski definition) is 0. The third-order valence-electron chi connectivity index (χ3n) is 6.31. The Morgan fingerprint density at radius 2 is 1.68 bits per heavy atom. The Labute approximate surface area is 241 Å². The first-order valence-corrected chi connectivity index (χ1v) is 15.0. The van der Waals surface area contributed by atoms with E-state index in [-0.39, 0.29) is 23.2 Å². The molecule has 3 aromatic rings. The Bertz CT molecular complexity index is 1310. The molecule has 8 nitrogen and oxygen atoms in total. The molecule has 0 aliphatic carbocycles. The molecule has 0 spiro atoms. The van der Waals surface area contributed by atoms with Crippen molar-refractivity contribution < 1.29 is 17.9 Å². The molecule has 1 aromatic heterocycles. The van der Waals surface area contributed by atoms with E-state index in [0.717, 1.165) is 30.6 Å². The smallest absolute Gasteiger partial charge is 0.260 e. The Balaban J connectivity index is 0.00000507. The zero-order valence-corrected chi connectivity index (χ0v) is 25.6. The lowest BCUT2D eigenvalue weighted by Gasteiger charge is -2.25. The van der Waals surface area contributed by atoms with Crippen molar-refractivity contribution >= 4 is 66.6 Å². The summed E-state index contributed by atoms with van der Waals surface area (Å²) in [6.45, 7) is 9.41. The van der Waals surface area contributed by atoms with Crippen molar-refractivity contribution in [3.8, 4) is 5.75 Å². The van der Waals surface area contributed by atoms with Crippen LogP contribution in [0.3, 0.4) is 0 Å². The van der Waals surface area contributed by atoms with Crippen LogP contribution in [0.2, 0.25) is 5.02 Å². The third-order valence-corrected chi connectivity index (χ3v) is 9.72. The highest BCUT2D eigenvalue weighted by Crippen LogP contribution is 2.39. The van der Waals surface area contributed by atoms with Crippen molar-refractivity contribution in [3.05, 3.63) is 47.0 Å². The van der Waals surface area contributed by atoms with E-state index >= 15 is 0 Å². The summed E-state index contributed by atoms with van der Waals surface area (Å²) >= 11 is 7.76. The van der Waals surface area contributed by atoms with Gasteiger partial charge in [0.2, 0.25) is 10.0 Å². The van der Waals surface area contributed by atoms with Crippen molar-refractivity contribution in [3.63, 3.8) is 0 Å². The molecule has 0 N–H and O–H groups in total. The maximum absolute atomic E-state index is 13.7. The van der Waals surface area contributed by atoms with E-state index in [2.05, 4.69) is 18.7 Å². The number of ether oxygens (including phenoxy) is 1. The fraction of sp³-hybridized carbons (Fsp3) is 0.462. The highest BCUT2D eigenvalue weighted by Gasteiger charge is 2.25. The number of rotatable bonds is 13. The van der Waals surface area contributed by atoms with Gasteiger partial charge in [-0.05, 0) is 55.9 Å². The van der Waals surface area contributed by atoms with E-state index in [1.807, 2.05) is 6.92 Å². The molecule has 3 rings (SSSR count). The number of carbonyl (C=O) groups is 1. The molecule has 38 heavy (non-hydrogen) atoms. The van der Waals surface area contributed by atoms with E-state index in [4.69, 9.17) is 21.3 Å². The second kappa shape index (κ2) is 14.4. The average molecular weight is 604 g/mol. The molecule has 0 fully saturated rings. The van der Waals surface area contributed by atoms with Gasteiger partial charge in [0.25, 0.3) is 5.91 Å². The van der Waals surface area contributed by atoms with Crippen molar-refractivity contribution in [2.75, 3.05) is 51.8 Å². The van der Waals surface area contributed by atoms with Crippen LogP contribution in [-0.4, -0.2) is 75.4 Å². The first-order chi connectivity index (χ1) is 17.7. The summed E-state index contributed by atoms with van der Waals surface area (Å²) in [5.74, 6) is 0.324. The summed E-state index contributed by atoms with van der Waals surface area (Å²) in [4.78, 5) is 22.5. The van der Waals surface area contributed by atoms with Crippen LogP contribution >= 0.6 is 35.3 Å². The minimum Gasteiger partial charge on any atom is -0.494 e. The number of carbonyl (C=O) groups excluding carboxylic acids is 1. The van der Waals surface area contributed by atoms with Gasteiger partial charge in [0.05, 0.1) is 21.7 Å².